The van der Waals surface area contributed by atoms with E-state index in [0.717, 1.165) is 18.9 Å². The van der Waals surface area contributed by atoms with E-state index in [1.54, 1.807) is 0 Å². The van der Waals surface area contributed by atoms with Gasteiger partial charge in [0.25, 0.3) is 0 Å². The van der Waals surface area contributed by atoms with Crippen molar-refractivity contribution in [2.75, 3.05) is 13.2 Å². The third-order valence-corrected chi connectivity index (χ3v) is 5.57. The van der Waals surface area contributed by atoms with Crippen molar-refractivity contribution in [1.29, 1.82) is 0 Å². The Morgan fingerprint density at radius 2 is 1.67 bits per heavy atom. The summed E-state index contributed by atoms with van der Waals surface area (Å²) in [6, 6.07) is 0.904. The quantitative estimate of drug-likeness (QED) is 0.481. The van der Waals surface area contributed by atoms with Gasteiger partial charge in [0.15, 0.2) is 0 Å². The molecular formula is C10H23BrO3Si. The molecule has 92 valence electrons. The van der Waals surface area contributed by atoms with Crippen LogP contribution in [0.4, 0.5) is 0 Å². The van der Waals surface area contributed by atoms with Crippen LogP contribution in [0.15, 0.2) is 0 Å². The summed E-state index contributed by atoms with van der Waals surface area (Å²) in [5.41, 5.74) is 0. The summed E-state index contributed by atoms with van der Waals surface area (Å²) in [5.74, 6) is 0. The van der Waals surface area contributed by atoms with Gasteiger partial charge < -0.3 is 13.3 Å². The molecule has 3 nitrogen and oxygen atoms in total. The van der Waals surface area contributed by atoms with Crippen molar-refractivity contribution in [1.82, 2.24) is 0 Å². The van der Waals surface area contributed by atoms with Gasteiger partial charge in [-0.3, -0.25) is 0 Å². The van der Waals surface area contributed by atoms with Crippen LogP contribution in [0.5, 0.6) is 0 Å². The van der Waals surface area contributed by atoms with Gasteiger partial charge in [0, 0.05) is 19.3 Å². The lowest BCUT2D eigenvalue weighted by atomic mass is 10.4. The first-order chi connectivity index (χ1) is 7.10. The van der Waals surface area contributed by atoms with Crippen molar-refractivity contribution in [2.24, 2.45) is 0 Å². The molecule has 0 fully saturated rings. The molecular weight excluding hydrogens is 276 g/mol. The Morgan fingerprint density at radius 3 is 2.00 bits per heavy atom. The third-order valence-electron chi connectivity index (χ3n) is 1.91. The van der Waals surface area contributed by atoms with Crippen molar-refractivity contribution >= 4 is 24.7 Å². The lowest BCUT2D eigenvalue weighted by molar-refractivity contribution is 0.0639. The van der Waals surface area contributed by atoms with E-state index in [9.17, 15) is 0 Å². The summed E-state index contributed by atoms with van der Waals surface area (Å²) in [6.07, 6.45) is 2.22. The van der Waals surface area contributed by atoms with E-state index in [1.165, 1.54) is 0 Å². The first kappa shape index (κ1) is 15.6. The number of unbranched alkanes of at least 4 members (excludes halogenated alkanes) is 1. The Balaban J connectivity index is 4.40. The van der Waals surface area contributed by atoms with Crippen molar-refractivity contribution in [3.8, 4) is 0 Å². The SMILES string of the molecule is CCCC[Si](OCC)(OCC)OC(C)Br. The maximum Gasteiger partial charge on any atom is 0.501 e. The van der Waals surface area contributed by atoms with E-state index in [2.05, 4.69) is 22.9 Å². The molecule has 1 atom stereocenters. The van der Waals surface area contributed by atoms with Crippen molar-refractivity contribution in [2.45, 2.75) is 51.6 Å². The largest absolute Gasteiger partial charge is 0.501 e. The smallest absolute Gasteiger partial charge is 0.374 e. The molecule has 5 heteroatoms. The fourth-order valence-corrected chi connectivity index (χ4v) is 5.03. The first-order valence-corrected chi connectivity index (χ1v) is 8.54. The maximum absolute atomic E-state index is 5.83. The minimum atomic E-state index is -2.43. The van der Waals surface area contributed by atoms with E-state index in [-0.39, 0.29) is 5.01 Å². The Morgan fingerprint density at radius 1 is 1.13 bits per heavy atom. The number of rotatable bonds is 9. The van der Waals surface area contributed by atoms with Crippen LogP contribution in [0.25, 0.3) is 0 Å². The molecule has 0 aliphatic heterocycles. The molecule has 0 radical (unpaired) electrons. The minimum Gasteiger partial charge on any atom is -0.374 e. The van der Waals surface area contributed by atoms with Gasteiger partial charge in [0.05, 0.1) is 0 Å². The zero-order chi connectivity index (χ0) is 11.7. The van der Waals surface area contributed by atoms with E-state index < -0.39 is 8.80 Å². The standard InChI is InChI=1S/C10H23BrO3Si/c1-5-8-9-15(12-6-2,13-7-3)14-10(4)11/h10H,5-9H2,1-4H3. The fraction of sp³-hybridized carbons (Fsp3) is 1.00. The van der Waals surface area contributed by atoms with E-state index in [0.29, 0.717) is 13.2 Å². The Labute approximate surface area is 103 Å². The predicted molar refractivity (Wildman–Crippen MR) is 68.2 cm³/mol. The zero-order valence-electron chi connectivity index (χ0n) is 10.2. The molecule has 15 heavy (non-hydrogen) atoms. The summed E-state index contributed by atoms with van der Waals surface area (Å²) in [7, 11) is -2.43. The summed E-state index contributed by atoms with van der Waals surface area (Å²) < 4.78 is 17.3. The molecule has 0 saturated heterocycles. The van der Waals surface area contributed by atoms with Crippen LogP contribution in [0.1, 0.15) is 40.5 Å². The highest BCUT2D eigenvalue weighted by Crippen LogP contribution is 2.22. The molecule has 0 N–H and O–H groups in total. The van der Waals surface area contributed by atoms with Crippen molar-refractivity contribution in [3.05, 3.63) is 0 Å². The van der Waals surface area contributed by atoms with E-state index in [4.69, 9.17) is 13.3 Å². The highest BCUT2D eigenvalue weighted by molar-refractivity contribution is 9.09. The highest BCUT2D eigenvalue weighted by Gasteiger charge is 2.41. The normalized spacial score (nSPS) is 14.2. The lowest BCUT2D eigenvalue weighted by Crippen LogP contribution is -2.47. The summed E-state index contributed by atoms with van der Waals surface area (Å²) in [5, 5.41) is -0.0147. The summed E-state index contributed by atoms with van der Waals surface area (Å²) in [6.45, 7) is 9.37. The van der Waals surface area contributed by atoms with Gasteiger partial charge in [-0.15, -0.1) is 0 Å². The van der Waals surface area contributed by atoms with Crippen LogP contribution < -0.4 is 0 Å². The van der Waals surface area contributed by atoms with Gasteiger partial charge in [-0.25, -0.2) is 0 Å². The molecule has 0 aliphatic carbocycles. The van der Waals surface area contributed by atoms with Gasteiger partial charge >= 0.3 is 8.80 Å². The topological polar surface area (TPSA) is 27.7 Å². The first-order valence-electron chi connectivity index (χ1n) is 5.70. The second kappa shape index (κ2) is 8.70. The zero-order valence-corrected chi connectivity index (χ0v) is 12.8. The molecule has 0 rings (SSSR count). The molecule has 0 aliphatic rings. The maximum atomic E-state index is 5.83. The van der Waals surface area contributed by atoms with Gasteiger partial charge in [-0.1, -0.05) is 29.3 Å². The monoisotopic (exact) mass is 298 g/mol. The number of alkyl halides is 1. The van der Waals surface area contributed by atoms with Crippen LogP contribution in [0.3, 0.4) is 0 Å². The molecule has 0 aromatic heterocycles. The van der Waals surface area contributed by atoms with Gasteiger partial charge in [-0.05, 0) is 27.2 Å². The number of hydrogen-bond donors (Lipinski definition) is 0. The molecule has 0 aromatic carbocycles. The van der Waals surface area contributed by atoms with Crippen LogP contribution in [0.2, 0.25) is 6.04 Å². The number of halogens is 1. The molecule has 0 spiro atoms. The van der Waals surface area contributed by atoms with Crippen molar-refractivity contribution in [3.63, 3.8) is 0 Å². The molecule has 0 heterocycles. The molecule has 1 unspecified atom stereocenters. The number of hydrogen-bond acceptors (Lipinski definition) is 3. The van der Waals surface area contributed by atoms with E-state index >= 15 is 0 Å². The minimum absolute atomic E-state index is 0.0147. The second-order valence-electron chi connectivity index (χ2n) is 3.31. The highest BCUT2D eigenvalue weighted by atomic mass is 79.9. The Hall–Kier alpha value is 0.577. The second-order valence-corrected chi connectivity index (χ2v) is 7.28. The van der Waals surface area contributed by atoms with Gasteiger partial charge in [-0.2, -0.15) is 0 Å². The Bertz CT molecular complexity index is 150. The fourth-order valence-electron chi connectivity index (χ4n) is 1.39. The van der Waals surface area contributed by atoms with E-state index in [1.807, 2.05) is 20.8 Å². The van der Waals surface area contributed by atoms with Crippen LogP contribution in [-0.4, -0.2) is 27.0 Å². The molecule has 0 aromatic rings. The van der Waals surface area contributed by atoms with Crippen molar-refractivity contribution < 1.29 is 13.3 Å². The average molecular weight is 299 g/mol. The molecule has 0 bridgehead atoms. The van der Waals surface area contributed by atoms with Crippen LogP contribution in [-0.2, 0) is 13.3 Å². The molecule has 0 amide bonds. The summed E-state index contributed by atoms with van der Waals surface area (Å²) >= 11 is 3.39. The van der Waals surface area contributed by atoms with Gasteiger partial charge in [0.1, 0.15) is 5.01 Å². The average Bonchev–Trinajstić information content (AvgIpc) is 2.14. The lowest BCUT2D eigenvalue weighted by Gasteiger charge is -2.30. The van der Waals surface area contributed by atoms with Crippen LogP contribution >= 0.6 is 15.9 Å². The van der Waals surface area contributed by atoms with Crippen LogP contribution in [0, 0.1) is 0 Å². The third kappa shape index (κ3) is 6.68. The Kier molecular flexibility index (Phi) is 9.03. The van der Waals surface area contributed by atoms with Gasteiger partial charge in [0.2, 0.25) is 0 Å². The molecule has 0 saturated carbocycles. The predicted octanol–water partition coefficient (Wildman–Crippen LogP) is 3.56. The summed E-state index contributed by atoms with van der Waals surface area (Å²) in [4.78, 5) is 0.